The van der Waals surface area contributed by atoms with E-state index in [2.05, 4.69) is 22.2 Å². The Labute approximate surface area is 115 Å². The van der Waals surface area contributed by atoms with E-state index in [1.54, 1.807) is 17.5 Å². The number of aromatic nitrogens is 2. The normalized spacial score (nSPS) is 12.5. The second kappa shape index (κ2) is 4.85. The van der Waals surface area contributed by atoms with Gasteiger partial charge in [-0.15, -0.1) is 11.3 Å². The zero-order valence-electron chi connectivity index (χ0n) is 10.5. The second-order valence-electron chi connectivity index (χ2n) is 4.34. The molecule has 0 aliphatic carbocycles. The number of fused-ring (bicyclic) bond motifs is 1. The van der Waals surface area contributed by atoms with Crippen LogP contribution in [0.1, 0.15) is 18.0 Å². The summed E-state index contributed by atoms with van der Waals surface area (Å²) in [6.07, 6.45) is 3.58. The van der Waals surface area contributed by atoms with E-state index in [9.17, 15) is 0 Å². The van der Waals surface area contributed by atoms with E-state index in [0.29, 0.717) is 5.69 Å². The molecule has 0 aliphatic rings. The van der Waals surface area contributed by atoms with Crippen molar-refractivity contribution < 1.29 is 0 Å². The number of nitrogen functional groups attached to an aromatic ring is 1. The van der Waals surface area contributed by atoms with Crippen molar-refractivity contribution in [2.24, 2.45) is 0 Å². The minimum absolute atomic E-state index is 0.159. The van der Waals surface area contributed by atoms with Gasteiger partial charge in [0.25, 0.3) is 0 Å². The molecule has 0 amide bonds. The maximum absolute atomic E-state index is 5.95. The lowest BCUT2D eigenvalue weighted by Gasteiger charge is -2.15. The van der Waals surface area contributed by atoms with Gasteiger partial charge in [0.1, 0.15) is 5.01 Å². The zero-order valence-corrected chi connectivity index (χ0v) is 11.3. The highest BCUT2D eigenvalue weighted by Gasteiger charge is 2.10. The molecule has 96 valence electrons. The molecule has 0 saturated heterocycles. The van der Waals surface area contributed by atoms with Crippen molar-refractivity contribution in [1.82, 2.24) is 9.97 Å². The van der Waals surface area contributed by atoms with Crippen molar-refractivity contribution >= 4 is 33.6 Å². The van der Waals surface area contributed by atoms with Gasteiger partial charge in [0.2, 0.25) is 0 Å². The van der Waals surface area contributed by atoms with E-state index in [1.165, 1.54) is 0 Å². The lowest BCUT2D eigenvalue weighted by atomic mass is 10.1. The van der Waals surface area contributed by atoms with Crippen molar-refractivity contribution in [1.29, 1.82) is 0 Å². The lowest BCUT2D eigenvalue weighted by molar-refractivity contribution is 0.871. The molecule has 1 unspecified atom stereocenters. The molecule has 1 atom stereocenters. The van der Waals surface area contributed by atoms with Crippen molar-refractivity contribution in [2.75, 3.05) is 11.1 Å². The fourth-order valence-corrected chi connectivity index (χ4v) is 2.71. The van der Waals surface area contributed by atoms with Crippen molar-refractivity contribution in [3.05, 3.63) is 47.0 Å². The van der Waals surface area contributed by atoms with Gasteiger partial charge >= 0.3 is 0 Å². The van der Waals surface area contributed by atoms with E-state index < -0.39 is 0 Å². The number of thiazole rings is 1. The molecule has 3 N–H and O–H groups in total. The minimum atomic E-state index is 0.159. The average molecular weight is 270 g/mol. The number of hydrogen-bond acceptors (Lipinski definition) is 5. The Morgan fingerprint density at radius 1 is 1.21 bits per heavy atom. The number of rotatable bonds is 3. The summed E-state index contributed by atoms with van der Waals surface area (Å²) in [5.41, 5.74) is 8.51. The molecular formula is C14H14N4S. The molecule has 0 bridgehead atoms. The summed E-state index contributed by atoms with van der Waals surface area (Å²) >= 11 is 1.64. The first-order valence-electron chi connectivity index (χ1n) is 6.05. The first kappa shape index (κ1) is 11.9. The van der Waals surface area contributed by atoms with Crippen LogP contribution in [-0.4, -0.2) is 9.97 Å². The summed E-state index contributed by atoms with van der Waals surface area (Å²) in [4.78, 5) is 8.66. The number of benzene rings is 1. The minimum Gasteiger partial charge on any atom is -0.397 e. The predicted molar refractivity (Wildman–Crippen MR) is 80.3 cm³/mol. The van der Waals surface area contributed by atoms with Gasteiger partial charge in [-0.1, -0.05) is 0 Å². The van der Waals surface area contributed by atoms with Gasteiger partial charge in [-0.2, -0.15) is 0 Å². The topological polar surface area (TPSA) is 63.8 Å². The summed E-state index contributed by atoms with van der Waals surface area (Å²) in [5.74, 6) is 0. The highest BCUT2D eigenvalue weighted by molar-refractivity contribution is 7.09. The van der Waals surface area contributed by atoms with Crippen LogP contribution in [0.25, 0.3) is 10.9 Å². The van der Waals surface area contributed by atoms with Gasteiger partial charge in [-0.25, -0.2) is 4.98 Å². The lowest BCUT2D eigenvalue weighted by Crippen LogP contribution is -2.07. The standard InChI is InChI=1S/C14H14N4S/c1-9(14-17-7-8-19-14)18-12-5-4-11(15)13-10(12)3-2-6-16-13/h2-9,18H,15H2,1H3. The molecule has 3 rings (SSSR count). The van der Waals surface area contributed by atoms with E-state index >= 15 is 0 Å². The highest BCUT2D eigenvalue weighted by atomic mass is 32.1. The van der Waals surface area contributed by atoms with Crippen LogP contribution in [0.5, 0.6) is 0 Å². The Bertz CT molecular complexity index is 694. The third-order valence-electron chi connectivity index (χ3n) is 2.99. The van der Waals surface area contributed by atoms with E-state index in [4.69, 9.17) is 5.73 Å². The van der Waals surface area contributed by atoms with E-state index in [0.717, 1.165) is 21.6 Å². The van der Waals surface area contributed by atoms with E-state index in [-0.39, 0.29) is 6.04 Å². The molecule has 0 aliphatic heterocycles. The molecular weight excluding hydrogens is 256 g/mol. The van der Waals surface area contributed by atoms with Crippen LogP contribution in [0, 0.1) is 0 Å². The Balaban J connectivity index is 2.00. The first-order chi connectivity index (χ1) is 9.25. The quantitative estimate of drug-likeness (QED) is 0.715. The second-order valence-corrected chi connectivity index (χ2v) is 5.26. The molecule has 2 aromatic heterocycles. The van der Waals surface area contributed by atoms with Crippen LogP contribution >= 0.6 is 11.3 Å². The third kappa shape index (κ3) is 2.24. The monoisotopic (exact) mass is 270 g/mol. The molecule has 0 fully saturated rings. The highest BCUT2D eigenvalue weighted by Crippen LogP contribution is 2.29. The van der Waals surface area contributed by atoms with Crippen LogP contribution in [0.4, 0.5) is 11.4 Å². The fourth-order valence-electron chi connectivity index (χ4n) is 2.06. The summed E-state index contributed by atoms with van der Waals surface area (Å²) in [6.45, 7) is 2.09. The number of nitrogens with one attached hydrogen (secondary N) is 1. The van der Waals surface area contributed by atoms with Crippen molar-refractivity contribution in [2.45, 2.75) is 13.0 Å². The smallest absolute Gasteiger partial charge is 0.115 e. The van der Waals surface area contributed by atoms with Crippen LogP contribution < -0.4 is 11.1 Å². The Kier molecular flexibility index (Phi) is 3.05. The zero-order chi connectivity index (χ0) is 13.2. The van der Waals surface area contributed by atoms with Crippen LogP contribution in [0.15, 0.2) is 42.0 Å². The maximum atomic E-state index is 5.95. The summed E-state index contributed by atoms with van der Waals surface area (Å²) < 4.78 is 0. The molecule has 3 aromatic rings. The fraction of sp³-hybridized carbons (Fsp3) is 0.143. The van der Waals surface area contributed by atoms with Gasteiger partial charge < -0.3 is 11.1 Å². The third-order valence-corrected chi connectivity index (χ3v) is 3.95. The summed E-state index contributed by atoms with van der Waals surface area (Å²) in [7, 11) is 0. The molecule has 2 heterocycles. The number of nitrogens with zero attached hydrogens (tertiary/aromatic N) is 2. The summed E-state index contributed by atoms with van der Waals surface area (Å²) in [6, 6.07) is 7.97. The average Bonchev–Trinajstić information content (AvgIpc) is 2.96. The van der Waals surface area contributed by atoms with Gasteiger partial charge in [-0.05, 0) is 31.2 Å². The predicted octanol–water partition coefficient (Wildman–Crippen LogP) is 3.45. The van der Waals surface area contributed by atoms with Gasteiger partial charge in [0, 0.05) is 28.8 Å². The number of anilines is 2. The first-order valence-corrected chi connectivity index (χ1v) is 6.93. The Hall–Kier alpha value is -2.14. The SMILES string of the molecule is CC(Nc1ccc(N)c2ncccc12)c1nccs1. The van der Waals surface area contributed by atoms with E-state index in [1.807, 2.05) is 35.8 Å². The molecule has 4 nitrogen and oxygen atoms in total. The number of hydrogen-bond donors (Lipinski definition) is 2. The van der Waals surface area contributed by atoms with Crippen LogP contribution in [-0.2, 0) is 0 Å². The largest absolute Gasteiger partial charge is 0.397 e. The maximum Gasteiger partial charge on any atom is 0.115 e. The Morgan fingerprint density at radius 2 is 2.11 bits per heavy atom. The van der Waals surface area contributed by atoms with Gasteiger partial charge in [0.05, 0.1) is 17.2 Å². The molecule has 0 spiro atoms. The van der Waals surface area contributed by atoms with Crippen LogP contribution in [0.2, 0.25) is 0 Å². The molecule has 0 saturated carbocycles. The van der Waals surface area contributed by atoms with Crippen molar-refractivity contribution in [3.8, 4) is 0 Å². The number of nitrogens with two attached hydrogens (primary N) is 1. The molecule has 19 heavy (non-hydrogen) atoms. The Morgan fingerprint density at radius 3 is 2.89 bits per heavy atom. The van der Waals surface area contributed by atoms with Crippen LogP contribution in [0.3, 0.4) is 0 Å². The number of pyridine rings is 1. The van der Waals surface area contributed by atoms with Gasteiger partial charge in [0.15, 0.2) is 0 Å². The van der Waals surface area contributed by atoms with Crippen molar-refractivity contribution in [3.63, 3.8) is 0 Å². The molecule has 0 radical (unpaired) electrons. The van der Waals surface area contributed by atoms with Gasteiger partial charge in [-0.3, -0.25) is 4.98 Å². The molecule has 1 aromatic carbocycles. The molecule has 5 heteroatoms. The summed E-state index contributed by atoms with van der Waals surface area (Å²) in [5, 5.41) is 7.55.